The van der Waals surface area contributed by atoms with E-state index in [0.717, 1.165) is 53.1 Å². The number of allylic oxidation sites excluding steroid dienone is 1. The molecular formula is C27H28N2O3. The Morgan fingerprint density at radius 3 is 2.50 bits per heavy atom. The molecule has 0 spiro atoms. The van der Waals surface area contributed by atoms with Gasteiger partial charge in [-0.1, -0.05) is 36.4 Å². The van der Waals surface area contributed by atoms with Crippen molar-refractivity contribution in [2.75, 3.05) is 20.8 Å². The third-order valence-electron chi connectivity index (χ3n) is 5.42. The van der Waals surface area contributed by atoms with Crippen LogP contribution in [0.4, 0.5) is 0 Å². The van der Waals surface area contributed by atoms with Crippen LogP contribution in [0.15, 0.2) is 79.4 Å². The lowest BCUT2D eigenvalue weighted by atomic mass is 10.1. The van der Waals surface area contributed by atoms with Crippen molar-refractivity contribution in [1.82, 2.24) is 9.55 Å². The van der Waals surface area contributed by atoms with E-state index in [1.165, 1.54) is 0 Å². The Labute approximate surface area is 188 Å². The molecule has 0 aliphatic rings. The lowest BCUT2D eigenvalue weighted by molar-refractivity contribution is 0.300. The number of ether oxygens (including phenoxy) is 3. The minimum Gasteiger partial charge on any atom is -0.493 e. The second kappa shape index (κ2) is 10.1. The highest BCUT2D eigenvalue weighted by Crippen LogP contribution is 2.33. The fraction of sp³-hybridized carbons (Fsp3) is 0.222. The topological polar surface area (TPSA) is 45.5 Å². The number of rotatable bonds is 10. The molecule has 0 radical (unpaired) electrons. The Morgan fingerprint density at radius 1 is 0.906 bits per heavy atom. The number of hydrogen-bond donors (Lipinski definition) is 0. The van der Waals surface area contributed by atoms with Crippen LogP contribution in [0.5, 0.6) is 17.2 Å². The number of aryl methyl sites for hydroxylation is 1. The molecule has 32 heavy (non-hydrogen) atoms. The molecule has 3 aromatic carbocycles. The summed E-state index contributed by atoms with van der Waals surface area (Å²) in [5.74, 6) is 3.21. The average Bonchev–Trinajstić information content (AvgIpc) is 3.21. The highest BCUT2D eigenvalue weighted by molar-refractivity contribution is 5.81. The standard InChI is InChI=1S/C27H28N2O3/c1-4-10-20-11-5-8-14-24(20)32-18-9-17-29-23-13-7-6-12-22(23)28-27(29)21-15-16-25(30-2)26(19-21)31-3/h4-8,11-16,19H,1,9-10,17-18H2,2-3H3. The van der Waals surface area contributed by atoms with Gasteiger partial charge in [0.25, 0.3) is 0 Å². The Balaban J connectivity index is 1.57. The zero-order valence-electron chi connectivity index (χ0n) is 18.6. The van der Waals surface area contributed by atoms with Crippen LogP contribution in [0.1, 0.15) is 12.0 Å². The van der Waals surface area contributed by atoms with Gasteiger partial charge in [-0.3, -0.25) is 0 Å². The van der Waals surface area contributed by atoms with E-state index in [0.29, 0.717) is 18.1 Å². The highest BCUT2D eigenvalue weighted by atomic mass is 16.5. The molecule has 0 fully saturated rings. The average molecular weight is 429 g/mol. The maximum Gasteiger partial charge on any atom is 0.161 e. The van der Waals surface area contributed by atoms with Gasteiger partial charge >= 0.3 is 0 Å². The maximum absolute atomic E-state index is 6.09. The Morgan fingerprint density at radius 2 is 1.69 bits per heavy atom. The summed E-state index contributed by atoms with van der Waals surface area (Å²) in [7, 11) is 3.28. The molecule has 0 bridgehead atoms. The van der Waals surface area contributed by atoms with Gasteiger partial charge in [0.1, 0.15) is 11.6 Å². The van der Waals surface area contributed by atoms with Gasteiger partial charge in [0, 0.05) is 12.1 Å². The van der Waals surface area contributed by atoms with Crippen LogP contribution in [0.25, 0.3) is 22.4 Å². The monoisotopic (exact) mass is 428 g/mol. The lowest BCUT2D eigenvalue weighted by Gasteiger charge is -2.13. The Kier molecular flexibility index (Phi) is 6.75. The van der Waals surface area contributed by atoms with E-state index in [9.17, 15) is 0 Å². The van der Waals surface area contributed by atoms with Crippen LogP contribution >= 0.6 is 0 Å². The van der Waals surface area contributed by atoms with Gasteiger partial charge in [0.15, 0.2) is 11.5 Å². The molecular weight excluding hydrogens is 400 g/mol. The van der Waals surface area contributed by atoms with Crippen molar-refractivity contribution in [3.8, 4) is 28.6 Å². The number of nitrogens with zero attached hydrogens (tertiary/aromatic N) is 2. The molecule has 164 valence electrons. The van der Waals surface area contributed by atoms with Crippen molar-refractivity contribution < 1.29 is 14.2 Å². The summed E-state index contributed by atoms with van der Waals surface area (Å²) in [6.45, 7) is 5.24. The summed E-state index contributed by atoms with van der Waals surface area (Å²) in [5, 5.41) is 0. The second-order valence-corrected chi connectivity index (χ2v) is 7.45. The first-order chi connectivity index (χ1) is 15.7. The molecule has 4 aromatic rings. The van der Waals surface area contributed by atoms with Crippen molar-refractivity contribution in [2.45, 2.75) is 19.4 Å². The van der Waals surface area contributed by atoms with Gasteiger partial charge in [-0.2, -0.15) is 0 Å². The Hall–Kier alpha value is -3.73. The molecule has 0 saturated heterocycles. The molecule has 0 aliphatic carbocycles. The number of benzene rings is 3. The van der Waals surface area contributed by atoms with Crippen molar-refractivity contribution in [3.05, 3.63) is 84.9 Å². The van der Waals surface area contributed by atoms with Crippen molar-refractivity contribution >= 4 is 11.0 Å². The summed E-state index contributed by atoms with van der Waals surface area (Å²) in [6.07, 6.45) is 3.55. The number of hydrogen-bond acceptors (Lipinski definition) is 4. The van der Waals surface area contributed by atoms with Crippen molar-refractivity contribution in [1.29, 1.82) is 0 Å². The van der Waals surface area contributed by atoms with E-state index in [-0.39, 0.29) is 0 Å². The fourth-order valence-corrected chi connectivity index (χ4v) is 3.87. The first kappa shape index (κ1) is 21.5. The maximum atomic E-state index is 6.09. The van der Waals surface area contributed by atoms with Gasteiger partial charge in [-0.25, -0.2) is 4.98 Å². The van der Waals surface area contributed by atoms with Gasteiger partial charge in [0.2, 0.25) is 0 Å². The van der Waals surface area contributed by atoms with E-state index in [4.69, 9.17) is 19.2 Å². The minimum absolute atomic E-state index is 0.617. The van der Waals surface area contributed by atoms with Crippen molar-refractivity contribution in [2.24, 2.45) is 0 Å². The predicted molar refractivity (Wildman–Crippen MR) is 129 cm³/mol. The highest BCUT2D eigenvalue weighted by Gasteiger charge is 2.15. The van der Waals surface area contributed by atoms with Crippen LogP contribution in [0, 0.1) is 0 Å². The second-order valence-electron chi connectivity index (χ2n) is 7.45. The number of para-hydroxylation sites is 3. The van der Waals surface area contributed by atoms with Gasteiger partial charge < -0.3 is 18.8 Å². The summed E-state index contributed by atoms with van der Waals surface area (Å²) in [4.78, 5) is 4.90. The zero-order chi connectivity index (χ0) is 22.3. The lowest BCUT2D eigenvalue weighted by Crippen LogP contribution is -2.07. The molecule has 5 nitrogen and oxygen atoms in total. The van der Waals surface area contributed by atoms with Gasteiger partial charge in [-0.05, 0) is 54.8 Å². The molecule has 0 unspecified atom stereocenters. The molecule has 0 atom stereocenters. The predicted octanol–water partition coefficient (Wildman–Crippen LogP) is 5.92. The molecule has 1 aromatic heterocycles. The third-order valence-corrected chi connectivity index (χ3v) is 5.42. The minimum atomic E-state index is 0.617. The van der Waals surface area contributed by atoms with E-state index in [1.54, 1.807) is 14.2 Å². The van der Waals surface area contributed by atoms with E-state index in [2.05, 4.69) is 23.3 Å². The first-order valence-electron chi connectivity index (χ1n) is 10.7. The first-order valence-corrected chi connectivity index (χ1v) is 10.7. The molecule has 0 amide bonds. The summed E-state index contributed by atoms with van der Waals surface area (Å²) < 4.78 is 19.2. The van der Waals surface area contributed by atoms with Gasteiger partial charge in [0.05, 0.1) is 31.9 Å². The number of imidazole rings is 1. The zero-order valence-corrected chi connectivity index (χ0v) is 18.6. The smallest absolute Gasteiger partial charge is 0.161 e. The van der Waals surface area contributed by atoms with E-state index >= 15 is 0 Å². The van der Waals surface area contributed by atoms with Crippen LogP contribution in [0.3, 0.4) is 0 Å². The van der Waals surface area contributed by atoms with Crippen LogP contribution in [0.2, 0.25) is 0 Å². The molecule has 1 heterocycles. The van der Waals surface area contributed by atoms with Crippen LogP contribution in [-0.2, 0) is 13.0 Å². The molecule has 0 N–H and O–H groups in total. The summed E-state index contributed by atoms with van der Waals surface area (Å²) >= 11 is 0. The SMILES string of the molecule is C=CCc1ccccc1OCCCn1c(-c2ccc(OC)c(OC)c2)nc2ccccc21. The number of aromatic nitrogens is 2. The molecule has 5 heteroatoms. The van der Waals surface area contributed by atoms with Crippen LogP contribution in [-0.4, -0.2) is 30.4 Å². The normalized spacial score (nSPS) is 10.8. The molecule has 4 rings (SSSR count). The third kappa shape index (κ3) is 4.47. The van der Waals surface area contributed by atoms with E-state index in [1.807, 2.05) is 60.7 Å². The van der Waals surface area contributed by atoms with Crippen LogP contribution < -0.4 is 14.2 Å². The summed E-state index contributed by atoms with van der Waals surface area (Å²) in [5.41, 5.74) is 4.21. The molecule has 0 aliphatic heterocycles. The summed E-state index contributed by atoms with van der Waals surface area (Å²) in [6, 6.07) is 22.2. The largest absolute Gasteiger partial charge is 0.493 e. The van der Waals surface area contributed by atoms with Gasteiger partial charge in [-0.15, -0.1) is 6.58 Å². The fourth-order valence-electron chi connectivity index (χ4n) is 3.87. The quantitative estimate of drug-likeness (QED) is 0.232. The van der Waals surface area contributed by atoms with Crippen molar-refractivity contribution in [3.63, 3.8) is 0 Å². The number of methoxy groups -OCH3 is 2. The van der Waals surface area contributed by atoms with E-state index < -0.39 is 0 Å². The Bertz CT molecular complexity index is 1210. The molecule has 0 saturated carbocycles. The number of fused-ring (bicyclic) bond motifs is 1.